The molecule has 2 aromatic rings. The zero-order valence-corrected chi connectivity index (χ0v) is 18.7. The molecule has 152 valence electrons. The van der Waals surface area contributed by atoms with Crippen molar-refractivity contribution in [3.05, 3.63) is 59.2 Å². The van der Waals surface area contributed by atoms with E-state index in [9.17, 15) is 4.79 Å². The van der Waals surface area contributed by atoms with Crippen molar-refractivity contribution in [1.29, 1.82) is 0 Å². The zero-order chi connectivity index (χ0) is 19.6. The highest BCUT2D eigenvalue weighted by atomic mass is 127. The van der Waals surface area contributed by atoms with E-state index in [0.29, 0.717) is 24.8 Å². The first-order valence-corrected chi connectivity index (χ1v) is 8.60. The number of guanidine groups is 1. The van der Waals surface area contributed by atoms with Crippen LogP contribution in [0.25, 0.3) is 0 Å². The number of aliphatic imine (C=N–C) groups is 1. The molecule has 0 bridgehead atoms. The fourth-order valence-corrected chi connectivity index (χ4v) is 2.48. The van der Waals surface area contributed by atoms with Gasteiger partial charge in [0.1, 0.15) is 11.5 Å². The number of hydrogen-bond donors (Lipinski definition) is 3. The van der Waals surface area contributed by atoms with Crippen molar-refractivity contribution in [3.63, 3.8) is 0 Å². The van der Waals surface area contributed by atoms with E-state index in [-0.39, 0.29) is 30.6 Å². The smallest absolute Gasteiger partial charge is 0.255 e. The van der Waals surface area contributed by atoms with E-state index in [2.05, 4.69) is 15.6 Å². The number of aryl methyl sites for hydroxylation is 1. The molecule has 7 nitrogen and oxygen atoms in total. The fraction of sp³-hybridized carbons (Fsp3) is 0.300. The number of methoxy groups -OCH3 is 1. The lowest BCUT2D eigenvalue weighted by Crippen LogP contribution is -2.36. The number of carbonyl (C=O) groups is 1. The van der Waals surface area contributed by atoms with E-state index >= 15 is 0 Å². The van der Waals surface area contributed by atoms with E-state index in [1.54, 1.807) is 20.2 Å². The molecule has 0 saturated heterocycles. The molecule has 8 heteroatoms. The number of halogens is 1. The summed E-state index contributed by atoms with van der Waals surface area (Å²) in [6.07, 6.45) is 0. The molecule has 1 amide bonds. The average molecular weight is 498 g/mol. The number of hydrogen-bond acceptors (Lipinski definition) is 4. The molecule has 4 N–H and O–H groups in total. The number of nitrogens with one attached hydrogen (secondary N) is 2. The van der Waals surface area contributed by atoms with Gasteiger partial charge in [-0.25, -0.2) is 0 Å². The van der Waals surface area contributed by atoms with Crippen molar-refractivity contribution in [2.75, 3.05) is 20.8 Å². The van der Waals surface area contributed by atoms with Crippen LogP contribution in [0, 0.1) is 6.92 Å². The molecule has 0 fully saturated rings. The van der Waals surface area contributed by atoms with Crippen LogP contribution in [0.5, 0.6) is 11.5 Å². The number of carbonyl (C=O) groups excluding carboxylic acids is 1. The first kappa shape index (κ1) is 23.5. The third kappa shape index (κ3) is 7.63. The molecule has 0 unspecified atom stereocenters. The maximum absolute atomic E-state index is 10.8. The Hall–Kier alpha value is -2.49. The van der Waals surface area contributed by atoms with Crippen LogP contribution in [0.4, 0.5) is 0 Å². The van der Waals surface area contributed by atoms with Gasteiger partial charge in [0.05, 0.1) is 7.11 Å². The number of nitrogens with zero attached hydrogens (tertiary/aromatic N) is 1. The Bertz CT molecular complexity index is 812. The minimum Gasteiger partial charge on any atom is -0.496 e. The van der Waals surface area contributed by atoms with Gasteiger partial charge in [0.15, 0.2) is 12.6 Å². The van der Waals surface area contributed by atoms with Gasteiger partial charge in [0.2, 0.25) is 0 Å². The van der Waals surface area contributed by atoms with E-state index in [0.717, 1.165) is 22.4 Å². The van der Waals surface area contributed by atoms with Gasteiger partial charge in [-0.1, -0.05) is 24.3 Å². The second-order valence-electron chi connectivity index (χ2n) is 6.00. The van der Waals surface area contributed by atoms with Crippen LogP contribution in [-0.4, -0.2) is 32.6 Å². The number of rotatable bonds is 8. The summed E-state index contributed by atoms with van der Waals surface area (Å²) < 4.78 is 10.7. The summed E-state index contributed by atoms with van der Waals surface area (Å²) in [6, 6.07) is 13.5. The Kier molecular flexibility index (Phi) is 10.1. The number of primary amides is 1. The maximum Gasteiger partial charge on any atom is 0.255 e. The number of benzene rings is 2. The van der Waals surface area contributed by atoms with Crippen molar-refractivity contribution in [3.8, 4) is 11.5 Å². The highest BCUT2D eigenvalue weighted by Crippen LogP contribution is 2.19. The van der Waals surface area contributed by atoms with Gasteiger partial charge in [0, 0.05) is 25.7 Å². The third-order valence-corrected chi connectivity index (χ3v) is 3.85. The second kappa shape index (κ2) is 12.1. The summed E-state index contributed by atoms with van der Waals surface area (Å²) >= 11 is 0. The molecule has 0 aliphatic carbocycles. The van der Waals surface area contributed by atoms with E-state index in [1.807, 2.05) is 43.3 Å². The predicted molar refractivity (Wildman–Crippen MR) is 121 cm³/mol. The summed E-state index contributed by atoms with van der Waals surface area (Å²) in [5, 5.41) is 6.52. The molecule has 0 heterocycles. The second-order valence-corrected chi connectivity index (χ2v) is 6.00. The van der Waals surface area contributed by atoms with Crippen LogP contribution in [0.15, 0.2) is 47.5 Å². The van der Waals surface area contributed by atoms with Crippen molar-refractivity contribution < 1.29 is 14.3 Å². The first-order valence-electron chi connectivity index (χ1n) is 8.60. The topological polar surface area (TPSA) is 98.0 Å². The Morgan fingerprint density at radius 2 is 1.89 bits per heavy atom. The molecule has 28 heavy (non-hydrogen) atoms. The van der Waals surface area contributed by atoms with Gasteiger partial charge < -0.3 is 25.8 Å². The standard InChI is InChI=1S/C20H26N4O3.HI/c1-14-7-8-16(18(9-14)26-3)12-24-20(22-2)23-11-15-5-4-6-17(10-15)27-13-19(21)25;/h4-10H,11-13H2,1-3H3,(H2,21,25)(H2,22,23,24);1H. The number of amides is 1. The zero-order valence-electron chi connectivity index (χ0n) is 16.3. The third-order valence-electron chi connectivity index (χ3n) is 3.85. The SMILES string of the molecule is CN=C(NCc1cccc(OCC(N)=O)c1)NCc1ccc(C)cc1OC.I. The first-order chi connectivity index (χ1) is 13.0. The Labute approximate surface area is 182 Å². The van der Waals surface area contributed by atoms with Crippen LogP contribution in [-0.2, 0) is 17.9 Å². The highest BCUT2D eigenvalue weighted by Gasteiger charge is 2.05. The van der Waals surface area contributed by atoms with Crippen molar-refractivity contribution in [2.45, 2.75) is 20.0 Å². The Morgan fingerprint density at radius 1 is 1.14 bits per heavy atom. The fourth-order valence-electron chi connectivity index (χ4n) is 2.48. The van der Waals surface area contributed by atoms with Gasteiger partial charge in [-0.05, 0) is 36.2 Å². The van der Waals surface area contributed by atoms with Crippen LogP contribution in [0.2, 0.25) is 0 Å². The molecule has 2 aromatic carbocycles. The Morgan fingerprint density at radius 3 is 2.57 bits per heavy atom. The lowest BCUT2D eigenvalue weighted by molar-refractivity contribution is -0.119. The van der Waals surface area contributed by atoms with Gasteiger partial charge in [0.25, 0.3) is 5.91 Å². The molecule has 0 aliphatic heterocycles. The number of ether oxygens (including phenoxy) is 2. The summed E-state index contributed by atoms with van der Waals surface area (Å²) in [5.74, 6) is 1.61. The molecular formula is C20H27IN4O3. The summed E-state index contributed by atoms with van der Waals surface area (Å²) in [6.45, 7) is 3.03. The molecular weight excluding hydrogens is 471 g/mol. The van der Waals surface area contributed by atoms with Crippen LogP contribution >= 0.6 is 24.0 Å². The molecule has 0 aliphatic rings. The molecule has 0 saturated carbocycles. The molecule has 0 radical (unpaired) electrons. The van der Waals surface area contributed by atoms with Crippen molar-refractivity contribution in [2.24, 2.45) is 10.7 Å². The van der Waals surface area contributed by atoms with Gasteiger partial charge in [-0.3, -0.25) is 9.79 Å². The predicted octanol–water partition coefficient (Wildman–Crippen LogP) is 2.35. The largest absolute Gasteiger partial charge is 0.496 e. The van der Waals surface area contributed by atoms with Gasteiger partial charge in [-0.15, -0.1) is 24.0 Å². The highest BCUT2D eigenvalue weighted by molar-refractivity contribution is 14.0. The van der Waals surface area contributed by atoms with Gasteiger partial charge >= 0.3 is 0 Å². The summed E-state index contributed by atoms with van der Waals surface area (Å²) in [7, 11) is 3.38. The maximum atomic E-state index is 10.8. The van der Waals surface area contributed by atoms with Crippen LogP contribution in [0.3, 0.4) is 0 Å². The van der Waals surface area contributed by atoms with Crippen LogP contribution < -0.4 is 25.8 Å². The van der Waals surface area contributed by atoms with Crippen LogP contribution in [0.1, 0.15) is 16.7 Å². The normalized spacial score (nSPS) is 10.6. The molecule has 0 atom stereocenters. The number of nitrogens with two attached hydrogens (primary N) is 1. The van der Waals surface area contributed by atoms with Crippen molar-refractivity contribution >= 4 is 35.8 Å². The van der Waals surface area contributed by atoms with E-state index in [4.69, 9.17) is 15.2 Å². The lowest BCUT2D eigenvalue weighted by Gasteiger charge is -2.14. The minimum atomic E-state index is -0.505. The van der Waals surface area contributed by atoms with Gasteiger partial charge in [-0.2, -0.15) is 0 Å². The lowest BCUT2D eigenvalue weighted by atomic mass is 10.1. The van der Waals surface area contributed by atoms with Crippen molar-refractivity contribution in [1.82, 2.24) is 10.6 Å². The van der Waals surface area contributed by atoms with E-state index in [1.165, 1.54) is 0 Å². The quantitative estimate of drug-likeness (QED) is 0.295. The summed E-state index contributed by atoms with van der Waals surface area (Å²) in [5.41, 5.74) is 8.29. The molecule has 0 spiro atoms. The Balaban J connectivity index is 0.00000392. The average Bonchev–Trinajstić information content (AvgIpc) is 2.67. The molecule has 0 aromatic heterocycles. The minimum absolute atomic E-state index is 0. The summed E-state index contributed by atoms with van der Waals surface area (Å²) in [4.78, 5) is 15.1. The van der Waals surface area contributed by atoms with E-state index < -0.39 is 5.91 Å². The monoisotopic (exact) mass is 498 g/mol. The molecule has 2 rings (SSSR count).